The van der Waals surface area contributed by atoms with Crippen LogP contribution >= 0.6 is 23.4 Å². The molecule has 1 N–H and O–H groups in total. The number of nitrogens with one attached hydrogen (secondary N) is 1. The van der Waals surface area contributed by atoms with Gasteiger partial charge in [0.1, 0.15) is 11.0 Å². The van der Waals surface area contributed by atoms with E-state index in [0.29, 0.717) is 28.0 Å². The van der Waals surface area contributed by atoms with Gasteiger partial charge in [-0.3, -0.25) is 9.59 Å². The second-order valence-corrected chi connectivity index (χ2v) is 9.95. The van der Waals surface area contributed by atoms with E-state index in [1.54, 1.807) is 31.4 Å². The topological polar surface area (TPSA) is 83.4 Å². The van der Waals surface area contributed by atoms with Crippen LogP contribution in [0.5, 0.6) is 5.75 Å². The van der Waals surface area contributed by atoms with E-state index in [0.717, 1.165) is 16.8 Å². The molecular weight excluding hydrogens is 496 g/mol. The van der Waals surface area contributed by atoms with Gasteiger partial charge in [-0.25, -0.2) is 5.01 Å². The average Bonchev–Trinajstić information content (AvgIpc) is 3.49. The van der Waals surface area contributed by atoms with Crippen LogP contribution in [0.1, 0.15) is 30.0 Å². The average molecular weight is 519 g/mol. The van der Waals surface area contributed by atoms with E-state index in [4.69, 9.17) is 21.4 Å². The third-order valence-corrected chi connectivity index (χ3v) is 7.34. The van der Waals surface area contributed by atoms with E-state index in [-0.39, 0.29) is 24.3 Å². The molecule has 0 aromatic heterocycles. The van der Waals surface area contributed by atoms with E-state index < -0.39 is 5.25 Å². The van der Waals surface area contributed by atoms with Gasteiger partial charge in [0.05, 0.1) is 18.9 Å². The molecule has 2 aliphatic rings. The standard InChI is InChI=1S/C27H23ClN4O3S/c1-35-21-13-11-20(12-14-21)29-25(33)16-24-26(34)30-27(36-24)32-23(18-5-3-2-4-6-18)15-22(31-32)17-7-9-19(28)10-8-17/h2-14,23-24H,15-16H2,1H3,(H,29,33)/t23-,24+/m1/s1. The number of amides is 2. The third-order valence-electron chi connectivity index (χ3n) is 5.94. The molecule has 7 nitrogen and oxygen atoms in total. The second-order valence-electron chi connectivity index (χ2n) is 8.35. The van der Waals surface area contributed by atoms with Crippen LogP contribution in [0.15, 0.2) is 89.0 Å². The largest absolute Gasteiger partial charge is 0.497 e. The molecule has 0 radical (unpaired) electrons. The van der Waals surface area contributed by atoms with Gasteiger partial charge in [0.25, 0.3) is 5.91 Å². The van der Waals surface area contributed by atoms with Crippen LogP contribution in [-0.2, 0) is 9.59 Å². The number of aliphatic imine (C=N–C) groups is 1. The highest BCUT2D eigenvalue weighted by Gasteiger charge is 2.39. The first-order valence-electron chi connectivity index (χ1n) is 11.4. The minimum atomic E-state index is -0.607. The predicted molar refractivity (Wildman–Crippen MR) is 144 cm³/mol. The summed E-state index contributed by atoms with van der Waals surface area (Å²) in [5, 5.41) is 10.0. The van der Waals surface area contributed by atoms with Gasteiger partial charge in [-0.15, -0.1) is 0 Å². The van der Waals surface area contributed by atoms with Crippen LogP contribution in [-0.4, -0.2) is 40.1 Å². The predicted octanol–water partition coefficient (Wildman–Crippen LogP) is 5.53. The number of nitrogens with zero attached hydrogens (tertiary/aromatic N) is 3. The summed E-state index contributed by atoms with van der Waals surface area (Å²) >= 11 is 7.34. The van der Waals surface area contributed by atoms with Gasteiger partial charge >= 0.3 is 0 Å². The number of amidine groups is 1. The Kier molecular flexibility index (Phi) is 7.06. The Morgan fingerprint density at radius 2 is 1.81 bits per heavy atom. The number of anilines is 1. The number of carbonyl (C=O) groups excluding carboxylic acids is 2. The molecule has 0 spiro atoms. The van der Waals surface area contributed by atoms with Gasteiger partial charge < -0.3 is 10.1 Å². The van der Waals surface area contributed by atoms with Gasteiger partial charge in [0, 0.05) is 23.6 Å². The van der Waals surface area contributed by atoms with Crippen molar-refractivity contribution in [3.8, 4) is 5.75 Å². The molecule has 0 saturated heterocycles. The Morgan fingerprint density at radius 1 is 1.08 bits per heavy atom. The lowest BCUT2D eigenvalue weighted by molar-refractivity contribution is -0.121. The molecule has 0 saturated carbocycles. The monoisotopic (exact) mass is 518 g/mol. The molecule has 0 unspecified atom stereocenters. The third kappa shape index (κ3) is 5.29. The lowest BCUT2D eigenvalue weighted by Crippen LogP contribution is -2.25. The van der Waals surface area contributed by atoms with Crippen molar-refractivity contribution in [2.75, 3.05) is 12.4 Å². The summed E-state index contributed by atoms with van der Waals surface area (Å²) in [6, 6.07) is 24.5. The van der Waals surface area contributed by atoms with Crippen molar-refractivity contribution in [1.82, 2.24) is 5.01 Å². The van der Waals surface area contributed by atoms with Crippen LogP contribution in [0.4, 0.5) is 5.69 Å². The number of methoxy groups -OCH3 is 1. The number of rotatable bonds is 6. The lowest BCUT2D eigenvalue weighted by atomic mass is 9.99. The van der Waals surface area contributed by atoms with Crippen molar-refractivity contribution in [3.05, 3.63) is 95.0 Å². The fraction of sp³-hybridized carbons (Fsp3) is 0.185. The fourth-order valence-electron chi connectivity index (χ4n) is 4.10. The zero-order chi connectivity index (χ0) is 25.1. The first-order valence-corrected chi connectivity index (χ1v) is 12.7. The van der Waals surface area contributed by atoms with E-state index in [1.807, 2.05) is 59.6 Å². The Bertz CT molecular complexity index is 1330. The van der Waals surface area contributed by atoms with Gasteiger partial charge in [-0.1, -0.05) is 65.8 Å². The van der Waals surface area contributed by atoms with Crippen molar-refractivity contribution in [3.63, 3.8) is 0 Å². The maximum absolute atomic E-state index is 12.8. The van der Waals surface area contributed by atoms with E-state index in [1.165, 1.54) is 11.8 Å². The van der Waals surface area contributed by atoms with Crippen molar-refractivity contribution in [2.24, 2.45) is 10.1 Å². The maximum atomic E-state index is 12.8. The molecule has 2 atom stereocenters. The summed E-state index contributed by atoms with van der Waals surface area (Å²) in [6.07, 6.45) is 0.669. The van der Waals surface area contributed by atoms with Gasteiger partial charge in [0.2, 0.25) is 5.91 Å². The maximum Gasteiger partial charge on any atom is 0.262 e. The second kappa shape index (κ2) is 10.6. The first-order chi connectivity index (χ1) is 17.5. The number of benzene rings is 3. The Balaban J connectivity index is 1.32. The number of carbonyl (C=O) groups is 2. The van der Waals surface area contributed by atoms with Crippen LogP contribution in [0.2, 0.25) is 5.02 Å². The number of hydrogen-bond acceptors (Lipinski definition) is 6. The molecular formula is C27H23ClN4O3S. The van der Waals surface area contributed by atoms with Crippen LogP contribution in [0.25, 0.3) is 0 Å². The van der Waals surface area contributed by atoms with Crippen molar-refractivity contribution >= 4 is 51.7 Å². The molecule has 0 fully saturated rings. The van der Waals surface area contributed by atoms with Crippen LogP contribution in [0, 0.1) is 0 Å². The minimum absolute atomic E-state index is 0.0140. The lowest BCUT2D eigenvalue weighted by Gasteiger charge is -2.23. The van der Waals surface area contributed by atoms with E-state index >= 15 is 0 Å². The Hall–Kier alpha value is -3.62. The summed E-state index contributed by atoms with van der Waals surface area (Å²) < 4.78 is 5.14. The highest BCUT2D eigenvalue weighted by atomic mass is 35.5. The molecule has 2 heterocycles. The molecule has 5 rings (SSSR count). The highest BCUT2D eigenvalue weighted by Crippen LogP contribution is 2.38. The van der Waals surface area contributed by atoms with Gasteiger partial charge in [-0.2, -0.15) is 10.1 Å². The molecule has 2 aliphatic heterocycles. The number of thioether (sulfide) groups is 1. The van der Waals surface area contributed by atoms with Crippen molar-refractivity contribution < 1.29 is 14.3 Å². The number of hydrazone groups is 1. The molecule has 36 heavy (non-hydrogen) atoms. The molecule has 3 aromatic carbocycles. The fourth-order valence-corrected chi connectivity index (χ4v) is 5.29. The van der Waals surface area contributed by atoms with Crippen LogP contribution in [0.3, 0.4) is 0 Å². The molecule has 182 valence electrons. The molecule has 0 aliphatic carbocycles. The van der Waals surface area contributed by atoms with Crippen molar-refractivity contribution in [2.45, 2.75) is 24.1 Å². The smallest absolute Gasteiger partial charge is 0.262 e. The zero-order valence-corrected chi connectivity index (χ0v) is 21.0. The molecule has 9 heteroatoms. The number of hydrogen-bond donors (Lipinski definition) is 1. The van der Waals surface area contributed by atoms with Gasteiger partial charge in [-0.05, 0) is 47.5 Å². The Labute approximate surface area is 218 Å². The van der Waals surface area contributed by atoms with Gasteiger partial charge in [0.15, 0.2) is 5.17 Å². The first kappa shape index (κ1) is 24.1. The number of halogens is 1. The Morgan fingerprint density at radius 3 is 2.50 bits per heavy atom. The quantitative estimate of drug-likeness (QED) is 0.464. The molecule has 2 amide bonds. The van der Waals surface area contributed by atoms with E-state index in [2.05, 4.69) is 10.3 Å². The molecule has 0 bridgehead atoms. The van der Waals surface area contributed by atoms with E-state index in [9.17, 15) is 9.59 Å². The normalized spacial score (nSPS) is 19.2. The minimum Gasteiger partial charge on any atom is -0.497 e. The summed E-state index contributed by atoms with van der Waals surface area (Å²) in [6.45, 7) is 0. The SMILES string of the molecule is COc1ccc(NC(=O)C[C@@H]2SC(N3N=C(c4ccc(Cl)cc4)C[C@@H]3c3ccccc3)=NC2=O)cc1. The zero-order valence-electron chi connectivity index (χ0n) is 19.4. The summed E-state index contributed by atoms with van der Waals surface area (Å²) in [5.74, 6) is 0.111. The summed E-state index contributed by atoms with van der Waals surface area (Å²) in [7, 11) is 1.58. The molecule has 3 aromatic rings. The number of ether oxygens (including phenoxy) is 1. The summed E-state index contributed by atoms with van der Waals surface area (Å²) in [5.41, 5.74) is 3.56. The van der Waals surface area contributed by atoms with Crippen molar-refractivity contribution in [1.29, 1.82) is 0 Å². The highest BCUT2D eigenvalue weighted by molar-refractivity contribution is 8.15. The summed E-state index contributed by atoms with van der Waals surface area (Å²) in [4.78, 5) is 29.7. The van der Waals surface area contributed by atoms with Crippen LogP contribution < -0.4 is 10.1 Å².